The van der Waals surface area contributed by atoms with Crippen molar-refractivity contribution in [3.05, 3.63) is 102 Å². The molecule has 1 aliphatic rings. The Labute approximate surface area is 243 Å². The zero-order chi connectivity index (χ0) is 29.3. The van der Waals surface area contributed by atoms with E-state index in [4.69, 9.17) is 30.9 Å². The second-order valence-corrected chi connectivity index (χ2v) is 10.5. The van der Waals surface area contributed by atoms with Crippen molar-refractivity contribution >= 4 is 51.7 Å². The monoisotopic (exact) mass is 592 g/mol. The van der Waals surface area contributed by atoms with Gasteiger partial charge in [-0.15, -0.1) is 0 Å². The number of rotatable bonds is 8. The fourth-order valence-electron chi connectivity index (χ4n) is 4.82. The summed E-state index contributed by atoms with van der Waals surface area (Å²) in [6, 6.07) is 15.9. The molecule has 41 heavy (non-hydrogen) atoms. The Bertz CT molecular complexity index is 1900. The number of nitrogens with zero attached hydrogens (tertiary/aromatic N) is 2. The molecule has 0 fully saturated rings. The van der Waals surface area contributed by atoms with Gasteiger partial charge in [0.25, 0.3) is 5.56 Å². The molecular formula is C30H25ClN2O7S. The summed E-state index contributed by atoms with van der Waals surface area (Å²) in [5, 5.41) is 11.0. The average Bonchev–Trinajstić information content (AvgIpc) is 3.24. The third-order valence-electron chi connectivity index (χ3n) is 6.52. The number of benzene rings is 3. The Morgan fingerprint density at radius 2 is 1.93 bits per heavy atom. The fraction of sp³-hybridized carbons (Fsp3) is 0.200. The number of aliphatic carboxylic acids is 1. The van der Waals surface area contributed by atoms with Crippen LogP contribution in [-0.4, -0.2) is 41.9 Å². The number of esters is 1. The molecule has 1 atom stereocenters. The second kappa shape index (κ2) is 11.6. The summed E-state index contributed by atoms with van der Waals surface area (Å²) >= 11 is 7.57. The van der Waals surface area contributed by atoms with Crippen molar-refractivity contribution in [3.63, 3.8) is 0 Å². The van der Waals surface area contributed by atoms with E-state index < -0.39 is 24.6 Å². The van der Waals surface area contributed by atoms with Crippen LogP contribution in [0.3, 0.4) is 0 Å². The van der Waals surface area contributed by atoms with E-state index in [0.717, 1.165) is 16.3 Å². The van der Waals surface area contributed by atoms with Crippen LogP contribution in [0.15, 0.2) is 75.7 Å². The number of halogens is 1. The van der Waals surface area contributed by atoms with Crippen LogP contribution in [0.1, 0.15) is 31.0 Å². The van der Waals surface area contributed by atoms with Gasteiger partial charge in [-0.3, -0.25) is 9.36 Å². The number of carboxylic acids is 1. The molecule has 210 valence electrons. The molecule has 0 spiro atoms. The molecule has 0 amide bonds. The molecule has 0 saturated carbocycles. The number of methoxy groups -OCH3 is 1. The van der Waals surface area contributed by atoms with Gasteiger partial charge in [0.15, 0.2) is 22.9 Å². The number of carboxylic acid groups (broad SMARTS) is 1. The molecule has 1 aliphatic heterocycles. The van der Waals surface area contributed by atoms with Gasteiger partial charge in [0.05, 0.1) is 40.6 Å². The van der Waals surface area contributed by atoms with Gasteiger partial charge in [-0.2, -0.15) is 0 Å². The number of carbonyl (C=O) groups is 2. The van der Waals surface area contributed by atoms with E-state index in [1.54, 1.807) is 32.1 Å². The summed E-state index contributed by atoms with van der Waals surface area (Å²) in [7, 11) is 1.40. The van der Waals surface area contributed by atoms with Crippen molar-refractivity contribution in [3.8, 4) is 11.5 Å². The predicted molar refractivity (Wildman–Crippen MR) is 155 cm³/mol. The molecule has 2 heterocycles. The van der Waals surface area contributed by atoms with E-state index >= 15 is 0 Å². The largest absolute Gasteiger partial charge is 0.493 e. The molecule has 0 radical (unpaired) electrons. The standard InChI is InChI=1S/C30H25ClN2O7S/c1-4-39-29(37)25-16(2)32-30-33(26(25)20-11-7-9-18-8-5-6-10-19(18)20)28(36)23(41-30)14-17-12-21(31)27(22(13-17)38-3)40-15-24(34)35/h5-14,26H,4,15H2,1-3H3,(H,34,35)/b23-14+/t26-/m0/s1. The van der Waals surface area contributed by atoms with Crippen LogP contribution in [0.2, 0.25) is 5.02 Å². The SMILES string of the molecule is CCOC(=O)C1=C(C)N=c2s/c(=C/c3cc(Cl)c(OCC(=O)O)c(OC)c3)c(=O)n2[C@H]1c1cccc2ccccc12. The smallest absolute Gasteiger partial charge is 0.341 e. The first-order valence-corrected chi connectivity index (χ1v) is 13.8. The Morgan fingerprint density at radius 1 is 1.17 bits per heavy atom. The lowest BCUT2D eigenvalue weighted by Gasteiger charge is -2.25. The van der Waals surface area contributed by atoms with Crippen LogP contribution in [-0.2, 0) is 14.3 Å². The third-order valence-corrected chi connectivity index (χ3v) is 7.79. The first-order chi connectivity index (χ1) is 19.7. The van der Waals surface area contributed by atoms with Gasteiger partial charge in [-0.05, 0) is 54.0 Å². The zero-order valence-corrected chi connectivity index (χ0v) is 23.9. The Kier molecular flexibility index (Phi) is 7.96. The maximum Gasteiger partial charge on any atom is 0.341 e. The predicted octanol–water partition coefficient (Wildman–Crippen LogP) is 4.08. The van der Waals surface area contributed by atoms with Gasteiger partial charge in [0, 0.05) is 0 Å². The normalized spacial score (nSPS) is 14.9. The molecule has 0 unspecified atom stereocenters. The number of aromatic nitrogens is 1. The highest BCUT2D eigenvalue weighted by atomic mass is 35.5. The van der Waals surface area contributed by atoms with Crippen molar-refractivity contribution in [1.29, 1.82) is 0 Å². The summed E-state index contributed by atoms with van der Waals surface area (Å²) in [5.41, 5.74) is 1.73. The van der Waals surface area contributed by atoms with E-state index in [0.29, 0.717) is 26.2 Å². The number of thiazole rings is 1. The van der Waals surface area contributed by atoms with Gasteiger partial charge in [-0.25, -0.2) is 14.6 Å². The molecule has 5 rings (SSSR count). The van der Waals surface area contributed by atoms with E-state index in [1.165, 1.54) is 23.0 Å². The van der Waals surface area contributed by atoms with E-state index in [2.05, 4.69) is 4.99 Å². The van der Waals surface area contributed by atoms with Crippen LogP contribution in [0.25, 0.3) is 16.8 Å². The van der Waals surface area contributed by atoms with Gasteiger partial charge < -0.3 is 19.3 Å². The van der Waals surface area contributed by atoms with Gasteiger partial charge >= 0.3 is 11.9 Å². The molecule has 0 bridgehead atoms. The second-order valence-electron chi connectivity index (χ2n) is 9.09. The first kappa shape index (κ1) is 28.1. The fourth-order valence-corrected chi connectivity index (χ4v) is 6.14. The molecule has 1 aromatic heterocycles. The number of allylic oxidation sites excluding steroid dienone is 1. The lowest BCUT2D eigenvalue weighted by Crippen LogP contribution is -2.40. The highest BCUT2D eigenvalue weighted by molar-refractivity contribution is 7.07. The van der Waals surface area contributed by atoms with Gasteiger partial charge in [0.1, 0.15) is 0 Å². The van der Waals surface area contributed by atoms with Crippen molar-refractivity contribution in [2.45, 2.75) is 19.9 Å². The number of hydrogen-bond donors (Lipinski definition) is 1. The lowest BCUT2D eigenvalue weighted by atomic mass is 9.91. The number of carbonyl (C=O) groups excluding carboxylic acids is 1. The highest BCUT2D eigenvalue weighted by Gasteiger charge is 2.34. The first-order valence-electron chi connectivity index (χ1n) is 12.6. The summed E-state index contributed by atoms with van der Waals surface area (Å²) < 4.78 is 17.9. The Morgan fingerprint density at radius 3 is 2.66 bits per heavy atom. The number of fused-ring (bicyclic) bond motifs is 2. The molecule has 1 N–H and O–H groups in total. The molecule has 0 saturated heterocycles. The van der Waals surface area contributed by atoms with Crippen molar-refractivity contribution in [1.82, 2.24) is 4.57 Å². The molecule has 3 aromatic carbocycles. The van der Waals surface area contributed by atoms with Crippen LogP contribution in [0.5, 0.6) is 11.5 Å². The molecule has 0 aliphatic carbocycles. The van der Waals surface area contributed by atoms with Crippen LogP contribution < -0.4 is 24.4 Å². The van der Waals surface area contributed by atoms with Crippen molar-refractivity contribution in [2.24, 2.45) is 4.99 Å². The maximum absolute atomic E-state index is 14.0. The summed E-state index contributed by atoms with van der Waals surface area (Å²) in [5.74, 6) is -1.39. The maximum atomic E-state index is 14.0. The zero-order valence-electron chi connectivity index (χ0n) is 22.3. The van der Waals surface area contributed by atoms with Crippen molar-refractivity contribution in [2.75, 3.05) is 20.3 Å². The molecular weight excluding hydrogens is 568 g/mol. The average molecular weight is 593 g/mol. The highest BCUT2D eigenvalue weighted by Crippen LogP contribution is 2.37. The topological polar surface area (TPSA) is 116 Å². The number of hydrogen-bond acceptors (Lipinski definition) is 8. The quantitative estimate of drug-likeness (QED) is 0.307. The Balaban J connectivity index is 1.71. The lowest BCUT2D eigenvalue weighted by molar-refractivity contribution is -0.140. The molecule has 9 nitrogen and oxygen atoms in total. The van der Waals surface area contributed by atoms with Gasteiger partial charge in [-0.1, -0.05) is 65.4 Å². The van der Waals surface area contributed by atoms with E-state index in [9.17, 15) is 14.4 Å². The Hall–Kier alpha value is -4.41. The van der Waals surface area contributed by atoms with E-state index in [-0.39, 0.29) is 28.7 Å². The van der Waals surface area contributed by atoms with Crippen LogP contribution in [0, 0.1) is 0 Å². The summed E-state index contributed by atoms with van der Waals surface area (Å²) in [4.78, 5) is 43.3. The minimum Gasteiger partial charge on any atom is -0.493 e. The molecule has 4 aromatic rings. The van der Waals surface area contributed by atoms with Crippen LogP contribution >= 0.6 is 22.9 Å². The van der Waals surface area contributed by atoms with E-state index in [1.807, 2.05) is 42.5 Å². The van der Waals surface area contributed by atoms with Crippen molar-refractivity contribution < 1.29 is 28.9 Å². The summed E-state index contributed by atoms with van der Waals surface area (Å²) in [6.07, 6.45) is 1.64. The minimum atomic E-state index is -1.16. The van der Waals surface area contributed by atoms with Crippen LogP contribution in [0.4, 0.5) is 0 Å². The van der Waals surface area contributed by atoms with Gasteiger partial charge in [0.2, 0.25) is 0 Å². The third kappa shape index (κ3) is 5.36. The molecule has 11 heteroatoms. The summed E-state index contributed by atoms with van der Waals surface area (Å²) in [6.45, 7) is 3.05. The number of ether oxygens (including phenoxy) is 3. The minimum absolute atomic E-state index is 0.0841.